The van der Waals surface area contributed by atoms with E-state index in [0.717, 1.165) is 15.6 Å². The Labute approximate surface area is 174 Å². The van der Waals surface area contributed by atoms with Crippen LogP contribution < -0.4 is 10.2 Å². The molecule has 0 saturated heterocycles. The summed E-state index contributed by atoms with van der Waals surface area (Å²) in [6.07, 6.45) is 1.57. The monoisotopic (exact) mass is 486 g/mol. The topological polar surface area (TPSA) is 50.7 Å². The second-order valence-corrected chi connectivity index (χ2v) is 7.41. The Morgan fingerprint density at radius 2 is 1.74 bits per heavy atom. The van der Waals surface area contributed by atoms with E-state index in [1.54, 1.807) is 18.3 Å². The first kappa shape index (κ1) is 19.3. The fourth-order valence-corrected chi connectivity index (χ4v) is 3.20. The van der Waals surface area contributed by atoms with Crippen LogP contribution in [0.5, 0.6) is 5.75 Å². The van der Waals surface area contributed by atoms with Crippen LogP contribution in [0, 0.1) is 0 Å². The van der Waals surface area contributed by atoms with Gasteiger partial charge in [-0.05, 0) is 51.8 Å². The molecule has 0 saturated carbocycles. The Hall–Kier alpha value is -2.44. The summed E-state index contributed by atoms with van der Waals surface area (Å²) in [5.41, 5.74) is 4.89. The highest BCUT2D eigenvalue weighted by atomic mass is 79.9. The van der Waals surface area contributed by atoms with Crippen molar-refractivity contribution in [3.8, 4) is 5.75 Å². The molecule has 0 bridgehead atoms. The molecule has 136 valence electrons. The molecule has 0 fully saturated rings. The normalized spacial score (nSPS) is 10.7. The summed E-state index contributed by atoms with van der Waals surface area (Å²) in [7, 11) is 0. The molecular formula is C21H16Br2N2O2. The van der Waals surface area contributed by atoms with Crippen LogP contribution in [0.15, 0.2) is 86.8 Å². The molecule has 4 nitrogen and oxygen atoms in total. The molecule has 1 amide bonds. The van der Waals surface area contributed by atoms with E-state index < -0.39 is 0 Å². The predicted octanol–water partition coefficient (Wildman–Crippen LogP) is 5.55. The number of nitrogens with one attached hydrogen (secondary N) is 1. The van der Waals surface area contributed by atoms with Crippen LogP contribution in [0.3, 0.4) is 0 Å². The molecule has 0 atom stereocenters. The number of rotatable bonds is 6. The number of amides is 1. The summed E-state index contributed by atoms with van der Waals surface area (Å²) in [4.78, 5) is 12.2. The number of benzene rings is 3. The molecule has 3 rings (SSSR count). The summed E-state index contributed by atoms with van der Waals surface area (Å²) in [5, 5.41) is 4.07. The lowest BCUT2D eigenvalue weighted by Crippen LogP contribution is -2.18. The number of hydrazone groups is 1. The summed E-state index contributed by atoms with van der Waals surface area (Å²) in [6, 6.07) is 22.7. The molecule has 0 unspecified atom stereocenters. The smallest absolute Gasteiger partial charge is 0.272 e. The standard InChI is InChI=1S/C21H16Br2N2O2/c22-17-10-11-20(27-14-15-6-2-1-3-7-15)16(12-17)13-24-25-21(26)18-8-4-5-9-19(18)23/h1-13H,14H2,(H,25,26)/b24-13+. The first-order valence-electron chi connectivity index (χ1n) is 8.17. The van der Waals surface area contributed by atoms with E-state index in [2.05, 4.69) is 42.4 Å². The Morgan fingerprint density at radius 1 is 1.00 bits per heavy atom. The molecule has 0 aliphatic rings. The number of carbonyl (C=O) groups is 1. The van der Waals surface area contributed by atoms with Crippen molar-refractivity contribution in [1.82, 2.24) is 5.43 Å². The third-order valence-corrected chi connectivity index (χ3v) is 4.88. The van der Waals surface area contributed by atoms with Crippen LogP contribution in [-0.2, 0) is 6.61 Å². The first-order chi connectivity index (χ1) is 13.1. The lowest BCUT2D eigenvalue weighted by molar-refractivity contribution is 0.0954. The zero-order valence-corrected chi connectivity index (χ0v) is 17.4. The predicted molar refractivity (Wildman–Crippen MR) is 114 cm³/mol. The van der Waals surface area contributed by atoms with Crippen molar-refractivity contribution < 1.29 is 9.53 Å². The van der Waals surface area contributed by atoms with E-state index in [1.165, 1.54) is 0 Å². The fourth-order valence-electron chi connectivity index (χ4n) is 2.35. The van der Waals surface area contributed by atoms with Gasteiger partial charge in [0.25, 0.3) is 5.91 Å². The van der Waals surface area contributed by atoms with Gasteiger partial charge in [0, 0.05) is 14.5 Å². The molecule has 0 radical (unpaired) electrons. The van der Waals surface area contributed by atoms with E-state index in [1.807, 2.05) is 60.7 Å². The Balaban J connectivity index is 1.70. The van der Waals surface area contributed by atoms with Gasteiger partial charge in [0.2, 0.25) is 0 Å². The minimum atomic E-state index is -0.291. The number of nitrogens with zero attached hydrogens (tertiary/aromatic N) is 1. The molecular weight excluding hydrogens is 472 g/mol. The van der Waals surface area contributed by atoms with Crippen molar-refractivity contribution in [3.05, 3.63) is 98.4 Å². The maximum absolute atomic E-state index is 12.2. The Kier molecular flexibility index (Phi) is 6.79. The van der Waals surface area contributed by atoms with E-state index in [0.29, 0.717) is 22.4 Å². The quantitative estimate of drug-likeness (QED) is 0.365. The van der Waals surface area contributed by atoms with Crippen LogP contribution in [0.25, 0.3) is 0 Å². The number of halogens is 2. The molecule has 1 N–H and O–H groups in total. The largest absolute Gasteiger partial charge is 0.488 e. The molecule has 0 heterocycles. The molecule has 3 aromatic rings. The maximum Gasteiger partial charge on any atom is 0.272 e. The van der Waals surface area contributed by atoms with Crippen molar-refractivity contribution in [3.63, 3.8) is 0 Å². The lowest BCUT2D eigenvalue weighted by Gasteiger charge is -2.10. The maximum atomic E-state index is 12.2. The molecule has 0 spiro atoms. The van der Waals surface area contributed by atoms with Gasteiger partial charge in [-0.1, -0.05) is 58.4 Å². The molecule has 0 aliphatic heterocycles. The van der Waals surface area contributed by atoms with E-state index in [4.69, 9.17) is 4.74 Å². The van der Waals surface area contributed by atoms with Gasteiger partial charge in [-0.2, -0.15) is 5.10 Å². The van der Waals surface area contributed by atoms with Crippen molar-refractivity contribution >= 4 is 44.0 Å². The van der Waals surface area contributed by atoms with E-state index >= 15 is 0 Å². The van der Waals surface area contributed by atoms with Crippen molar-refractivity contribution in [2.75, 3.05) is 0 Å². The SMILES string of the molecule is O=C(N/N=C/c1cc(Br)ccc1OCc1ccccc1)c1ccccc1Br. The van der Waals surface area contributed by atoms with Crippen molar-refractivity contribution in [2.45, 2.75) is 6.61 Å². The fraction of sp³-hybridized carbons (Fsp3) is 0.0476. The second-order valence-electron chi connectivity index (χ2n) is 5.64. The van der Waals surface area contributed by atoms with Crippen LogP contribution in [0.2, 0.25) is 0 Å². The van der Waals surface area contributed by atoms with Gasteiger partial charge in [-0.3, -0.25) is 4.79 Å². The van der Waals surface area contributed by atoms with E-state index in [9.17, 15) is 4.79 Å². The van der Waals surface area contributed by atoms with Gasteiger partial charge < -0.3 is 4.74 Å². The van der Waals surface area contributed by atoms with Crippen LogP contribution >= 0.6 is 31.9 Å². The molecule has 0 aromatic heterocycles. The van der Waals surface area contributed by atoms with Gasteiger partial charge in [-0.25, -0.2) is 5.43 Å². The highest BCUT2D eigenvalue weighted by molar-refractivity contribution is 9.10. The number of ether oxygens (including phenoxy) is 1. The first-order valence-corrected chi connectivity index (χ1v) is 9.76. The lowest BCUT2D eigenvalue weighted by atomic mass is 10.2. The van der Waals surface area contributed by atoms with Gasteiger partial charge in [0.05, 0.1) is 11.8 Å². The zero-order valence-electron chi connectivity index (χ0n) is 14.2. The van der Waals surface area contributed by atoms with Gasteiger partial charge >= 0.3 is 0 Å². The van der Waals surface area contributed by atoms with Gasteiger partial charge in [0.15, 0.2) is 0 Å². The summed E-state index contributed by atoms with van der Waals surface area (Å²) >= 11 is 6.81. The van der Waals surface area contributed by atoms with Gasteiger partial charge in [-0.15, -0.1) is 0 Å². The number of hydrogen-bond donors (Lipinski definition) is 1. The molecule has 0 aliphatic carbocycles. The Bertz CT molecular complexity index is 959. The minimum absolute atomic E-state index is 0.291. The highest BCUT2D eigenvalue weighted by Crippen LogP contribution is 2.23. The summed E-state index contributed by atoms with van der Waals surface area (Å²) < 4.78 is 7.52. The minimum Gasteiger partial charge on any atom is -0.488 e. The molecule has 27 heavy (non-hydrogen) atoms. The molecule has 6 heteroatoms. The third-order valence-electron chi connectivity index (χ3n) is 3.70. The van der Waals surface area contributed by atoms with Gasteiger partial charge in [0.1, 0.15) is 12.4 Å². The highest BCUT2D eigenvalue weighted by Gasteiger charge is 2.08. The zero-order chi connectivity index (χ0) is 19.1. The van der Waals surface area contributed by atoms with Crippen LogP contribution in [0.1, 0.15) is 21.5 Å². The number of hydrogen-bond acceptors (Lipinski definition) is 3. The Morgan fingerprint density at radius 3 is 2.52 bits per heavy atom. The third kappa shape index (κ3) is 5.52. The van der Waals surface area contributed by atoms with Crippen molar-refractivity contribution in [1.29, 1.82) is 0 Å². The summed E-state index contributed by atoms with van der Waals surface area (Å²) in [5.74, 6) is 0.390. The molecule has 3 aromatic carbocycles. The summed E-state index contributed by atoms with van der Waals surface area (Å²) in [6.45, 7) is 0.451. The van der Waals surface area contributed by atoms with Crippen LogP contribution in [0.4, 0.5) is 0 Å². The van der Waals surface area contributed by atoms with E-state index in [-0.39, 0.29) is 5.91 Å². The average molecular weight is 488 g/mol. The van der Waals surface area contributed by atoms with Crippen molar-refractivity contribution in [2.24, 2.45) is 5.10 Å². The number of carbonyl (C=O) groups excluding carboxylic acids is 1. The van der Waals surface area contributed by atoms with Crippen LogP contribution in [-0.4, -0.2) is 12.1 Å². The average Bonchev–Trinajstić information content (AvgIpc) is 2.68. The second kappa shape index (κ2) is 9.48.